The van der Waals surface area contributed by atoms with Gasteiger partial charge in [0.1, 0.15) is 11.5 Å². The van der Waals surface area contributed by atoms with Gasteiger partial charge in [-0.3, -0.25) is 5.09 Å². The molecule has 0 heterocycles. The summed E-state index contributed by atoms with van der Waals surface area (Å²) < 4.78 is 24.6. The SMILES string of the molecule is Cc1ccc(NP(=O)(Oc2ccccc2)Oc2ccccc2)cc1Cl. The molecule has 0 amide bonds. The molecule has 3 aromatic rings. The van der Waals surface area contributed by atoms with Crippen LogP contribution in [-0.2, 0) is 4.57 Å². The zero-order chi connectivity index (χ0) is 17.7. The van der Waals surface area contributed by atoms with Gasteiger partial charge < -0.3 is 9.05 Å². The molecule has 128 valence electrons. The van der Waals surface area contributed by atoms with Gasteiger partial charge in [0.25, 0.3) is 0 Å². The first-order valence-corrected chi connectivity index (χ1v) is 9.60. The topological polar surface area (TPSA) is 47.6 Å². The Morgan fingerprint density at radius 3 is 1.84 bits per heavy atom. The summed E-state index contributed by atoms with van der Waals surface area (Å²) in [6.07, 6.45) is 0. The van der Waals surface area contributed by atoms with Crippen molar-refractivity contribution < 1.29 is 13.6 Å². The van der Waals surface area contributed by atoms with Gasteiger partial charge in [0, 0.05) is 10.7 Å². The number of hydrogen-bond donors (Lipinski definition) is 1. The summed E-state index contributed by atoms with van der Waals surface area (Å²) in [4.78, 5) is 0. The first-order valence-electron chi connectivity index (χ1n) is 7.68. The standard InChI is InChI=1S/C19H17ClNO3P/c1-15-12-13-16(14-19(15)20)21-25(22,23-17-8-4-2-5-9-17)24-18-10-6-3-7-11-18/h2-14H,1H3,(H,21,22). The van der Waals surface area contributed by atoms with Crippen LogP contribution in [0.15, 0.2) is 78.9 Å². The van der Waals surface area contributed by atoms with Crippen molar-refractivity contribution in [3.63, 3.8) is 0 Å². The molecule has 0 spiro atoms. The van der Waals surface area contributed by atoms with Gasteiger partial charge in [-0.2, -0.15) is 0 Å². The van der Waals surface area contributed by atoms with E-state index in [0.717, 1.165) is 5.56 Å². The van der Waals surface area contributed by atoms with E-state index in [4.69, 9.17) is 20.6 Å². The number of rotatable bonds is 6. The van der Waals surface area contributed by atoms with Crippen LogP contribution in [0.4, 0.5) is 5.69 Å². The number of para-hydroxylation sites is 2. The Balaban J connectivity index is 1.90. The predicted molar refractivity (Wildman–Crippen MR) is 102 cm³/mol. The van der Waals surface area contributed by atoms with Gasteiger partial charge >= 0.3 is 7.75 Å². The molecule has 4 nitrogen and oxygen atoms in total. The van der Waals surface area contributed by atoms with E-state index in [1.807, 2.05) is 25.1 Å². The average molecular weight is 374 g/mol. The summed E-state index contributed by atoms with van der Waals surface area (Å²) in [7, 11) is -3.73. The maximum atomic E-state index is 13.3. The molecular formula is C19H17ClNO3P. The molecule has 0 saturated carbocycles. The number of benzene rings is 3. The summed E-state index contributed by atoms with van der Waals surface area (Å²) in [5.41, 5.74) is 1.47. The van der Waals surface area contributed by atoms with Crippen molar-refractivity contribution in [2.24, 2.45) is 0 Å². The Morgan fingerprint density at radius 2 is 1.36 bits per heavy atom. The van der Waals surface area contributed by atoms with Crippen LogP contribution >= 0.6 is 19.3 Å². The third-order valence-corrected chi connectivity index (χ3v) is 5.22. The predicted octanol–water partition coefficient (Wildman–Crippen LogP) is 6.33. The van der Waals surface area contributed by atoms with Crippen molar-refractivity contribution in [2.45, 2.75) is 6.92 Å². The number of aryl methyl sites for hydroxylation is 1. The van der Waals surface area contributed by atoms with Crippen molar-refractivity contribution in [1.82, 2.24) is 0 Å². The zero-order valence-electron chi connectivity index (χ0n) is 13.6. The van der Waals surface area contributed by atoms with E-state index in [9.17, 15) is 4.57 Å². The Bertz CT molecular complexity index is 842. The van der Waals surface area contributed by atoms with Gasteiger partial charge in [-0.25, -0.2) is 4.57 Å². The first-order chi connectivity index (χ1) is 12.0. The third-order valence-electron chi connectivity index (χ3n) is 3.38. The highest BCUT2D eigenvalue weighted by molar-refractivity contribution is 7.56. The van der Waals surface area contributed by atoms with E-state index < -0.39 is 7.75 Å². The van der Waals surface area contributed by atoms with Crippen LogP contribution < -0.4 is 14.1 Å². The minimum Gasteiger partial charge on any atom is -0.400 e. The van der Waals surface area contributed by atoms with Gasteiger partial charge in [0.05, 0.1) is 0 Å². The van der Waals surface area contributed by atoms with Crippen LogP contribution in [0.25, 0.3) is 0 Å². The molecule has 0 atom stereocenters. The zero-order valence-corrected chi connectivity index (χ0v) is 15.2. The molecule has 1 N–H and O–H groups in total. The fourth-order valence-corrected chi connectivity index (χ4v) is 3.69. The molecular weight excluding hydrogens is 357 g/mol. The number of anilines is 1. The second-order valence-electron chi connectivity index (χ2n) is 5.38. The van der Waals surface area contributed by atoms with Crippen LogP contribution in [0.2, 0.25) is 5.02 Å². The van der Waals surface area contributed by atoms with Crippen molar-refractivity contribution in [1.29, 1.82) is 0 Å². The van der Waals surface area contributed by atoms with E-state index in [-0.39, 0.29) is 0 Å². The van der Waals surface area contributed by atoms with Gasteiger partial charge in [-0.05, 0) is 48.9 Å². The van der Waals surface area contributed by atoms with Gasteiger partial charge in [-0.15, -0.1) is 0 Å². The summed E-state index contributed by atoms with van der Waals surface area (Å²) >= 11 is 6.15. The molecule has 0 aromatic heterocycles. The number of nitrogens with one attached hydrogen (secondary N) is 1. The lowest BCUT2D eigenvalue weighted by molar-refractivity contribution is 0.393. The molecule has 3 aromatic carbocycles. The third kappa shape index (κ3) is 4.79. The monoisotopic (exact) mass is 373 g/mol. The van der Waals surface area contributed by atoms with Crippen LogP contribution in [0.3, 0.4) is 0 Å². The maximum absolute atomic E-state index is 13.3. The lowest BCUT2D eigenvalue weighted by Crippen LogP contribution is -2.10. The molecule has 0 fully saturated rings. The molecule has 25 heavy (non-hydrogen) atoms. The first kappa shape index (κ1) is 17.4. The van der Waals surface area contributed by atoms with Crippen LogP contribution in [-0.4, -0.2) is 0 Å². The van der Waals surface area contributed by atoms with E-state index >= 15 is 0 Å². The highest BCUT2D eigenvalue weighted by Crippen LogP contribution is 2.48. The summed E-state index contributed by atoms with van der Waals surface area (Å²) in [5.74, 6) is 0.875. The molecule has 6 heteroatoms. The van der Waals surface area contributed by atoms with E-state index in [1.54, 1.807) is 60.7 Å². The van der Waals surface area contributed by atoms with E-state index in [2.05, 4.69) is 5.09 Å². The molecule has 0 aliphatic carbocycles. The normalized spacial score (nSPS) is 11.0. The van der Waals surface area contributed by atoms with Gasteiger partial charge in [0.15, 0.2) is 0 Å². The van der Waals surface area contributed by atoms with Crippen molar-refractivity contribution in [2.75, 3.05) is 5.09 Å². The minimum absolute atomic E-state index is 0.437. The van der Waals surface area contributed by atoms with Crippen LogP contribution in [0.5, 0.6) is 11.5 Å². The lowest BCUT2D eigenvalue weighted by Gasteiger charge is -2.21. The summed E-state index contributed by atoms with van der Waals surface area (Å²) in [6.45, 7) is 1.90. The van der Waals surface area contributed by atoms with Gasteiger partial charge in [0.2, 0.25) is 0 Å². The van der Waals surface area contributed by atoms with Crippen LogP contribution in [0.1, 0.15) is 5.56 Å². The Hall–Kier alpha value is -2.42. The quantitative estimate of drug-likeness (QED) is 0.513. The second kappa shape index (κ2) is 7.64. The summed E-state index contributed by atoms with van der Waals surface area (Å²) in [6, 6.07) is 23.0. The molecule has 0 saturated heterocycles. The second-order valence-corrected chi connectivity index (χ2v) is 7.37. The van der Waals surface area contributed by atoms with Crippen molar-refractivity contribution in [3.8, 4) is 11.5 Å². The number of halogens is 1. The van der Waals surface area contributed by atoms with E-state index in [0.29, 0.717) is 22.2 Å². The Labute approximate surface area is 152 Å². The smallest absolute Gasteiger partial charge is 0.400 e. The lowest BCUT2D eigenvalue weighted by atomic mass is 10.2. The minimum atomic E-state index is -3.73. The molecule has 3 rings (SSSR count). The summed E-state index contributed by atoms with van der Waals surface area (Å²) in [5, 5.41) is 3.41. The van der Waals surface area contributed by atoms with Crippen LogP contribution in [0, 0.1) is 6.92 Å². The molecule has 0 radical (unpaired) electrons. The fourth-order valence-electron chi connectivity index (χ4n) is 2.13. The Morgan fingerprint density at radius 1 is 0.840 bits per heavy atom. The maximum Gasteiger partial charge on any atom is 0.541 e. The van der Waals surface area contributed by atoms with Crippen molar-refractivity contribution in [3.05, 3.63) is 89.4 Å². The largest absolute Gasteiger partial charge is 0.541 e. The van der Waals surface area contributed by atoms with E-state index in [1.165, 1.54) is 0 Å². The molecule has 0 unspecified atom stereocenters. The fraction of sp³-hybridized carbons (Fsp3) is 0.0526. The average Bonchev–Trinajstić information content (AvgIpc) is 2.60. The highest BCUT2D eigenvalue weighted by Gasteiger charge is 2.29. The number of hydrogen-bond acceptors (Lipinski definition) is 3. The van der Waals surface area contributed by atoms with Gasteiger partial charge in [-0.1, -0.05) is 54.1 Å². The molecule has 0 aliphatic rings. The molecule has 0 bridgehead atoms. The van der Waals surface area contributed by atoms with Crippen molar-refractivity contribution >= 4 is 25.0 Å². The highest BCUT2D eigenvalue weighted by atomic mass is 35.5. The molecule has 0 aliphatic heterocycles. The Kier molecular flexibility index (Phi) is 5.32.